The van der Waals surface area contributed by atoms with Gasteiger partial charge in [-0.05, 0) is 39.1 Å². The largest absolute Gasteiger partial charge is 0.444 e. The van der Waals surface area contributed by atoms with E-state index in [1.807, 2.05) is 45.2 Å². The van der Waals surface area contributed by atoms with E-state index >= 15 is 0 Å². The molecule has 122 valence electrons. The number of nitrogens with zero attached hydrogens (tertiary/aromatic N) is 2. The molecule has 1 atom stereocenters. The molecule has 1 aromatic heterocycles. The van der Waals surface area contributed by atoms with E-state index in [1.54, 1.807) is 4.90 Å². The van der Waals surface area contributed by atoms with Crippen molar-refractivity contribution in [1.82, 2.24) is 9.80 Å². The smallest absolute Gasteiger partial charge is 0.410 e. The Hall–Kier alpha value is -1.40. The molecule has 1 fully saturated rings. The number of hydrogen-bond acceptors (Lipinski definition) is 5. The number of carbonyl (C=O) groups excluding carboxylic acids is 2. The Balaban J connectivity index is 1.87. The summed E-state index contributed by atoms with van der Waals surface area (Å²) >= 11 is 1.47. The minimum absolute atomic E-state index is 0.0414. The number of amides is 1. The molecule has 0 bridgehead atoms. The van der Waals surface area contributed by atoms with E-state index in [-0.39, 0.29) is 17.9 Å². The molecule has 5 nitrogen and oxygen atoms in total. The Morgan fingerprint density at radius 2 is 2.09 bits per heavy atom. The van der Waals surface area contributed by atoms with Gasteiger partial charge in [-0.1, -0.05) is 6.07 Å². The lowest BCUT2D eigenvalue weighted by Gasteiger charge is -2.39. The van der Waals surface area contributed by atoms with Crippen molar-refractivity contribution in [3.8, 4) is 0 Å². The van der Waals surface area contributed by atoms with Gasteiger partial charge < -0.3 is 9.64 Å². The predicted molar refractivity (Wildman–Crippen MR) is 87.5 cm³/mol. The van der Waals surface area contributed by atoms with Gasteiger partial charge in [0.05, 0.1) is 11.4 Å². The second-order valence-corrected chi connectivity index (χ2v) is 7.61. The quantitative estimate of drug-likeness (QED) is 0.802. The monoisotopic (exact) mass is 324 g/mol. The average molecular weight is 324 g/mol. The summed E-state index contributed by atoms with van der Waals surface area (Å²) < 4.78 is 5.43. The second kappa shape index (κ2) is 6.79. The molecular weight excluding hydrogens is 300 g/mol. The predicted octanol–water partition coefficient (Wildman–Crippen LogP) is 2.87. The molecule has 1 aromatic rings. The fourth-order valence-corrected chi connectivity index (χ4v) is 3.14. The van der Waals surface area contributed by atoms with Crippen LogP contribution in [-0.2, 0) is 4.74 Å². The zero-order chi connectivity index (χ0) is 16.3. The van der Waals surface area contributed by atoms with Gasteiger partial charge in [0.25, 0.3) is 0 Å². The highest BCUT2D eigenvalue weighted by molar-refractivity contribution is 7.12. The van der Waals surface area contributed by atoms with Crippen LogP contribution in [0.4, 0.5) is 4.79 Å². The highest BCUT2D eigenvalue weighted by Crippen LogP contribution is 2.17. The zero-order valence-electron chi connectivity index (χ0n) is 13.7. The van der Waals surface area contributed by atoms with Crippen molar-refractivity contribution < 1.29 is 14.3 Å². The Morgan fingerprint density at radius 3 is 2.64 bits per heavy atom. The number of piperazine rings is 1. The Labute approximate surface area is 135 Å². The minimum atomic E-state index is -0.483. The number of thiophene rings is 1. The van der Waals surface area contributed by atoms with Crippen LogP contribution in [0.5, 0.6) is 0 Å². The van der Waals surface area contributed by atoms with Crippen LogP contribution in [-0.4, -0.2) is 59.5 Å². The first kappa shape index (κ1) is 17.0. The maximum Gasteiger partial charge on any atom is 0.410 e. The molecule has 22 heavy (non-hydrogen) atoms. The molecule has 1 aliphatic heterocycles. The van der Waals surface area contributed by atoms with Crippen LogP contribution in [0.15, 0.2) is 17.5 Å². The van der Waals surface area contributed by atoms with Gasteiger partial charge in [-0.15, -0.1) is 11.3 Å². The van der Waals surface area contributed by atoms with Gasteiger partial charge >= 0.3 is 6.09 Å². The summed E-state index contributed by atoms with van der Waals surface area (Å²) in [5.74, 6) is 0.146. The van der Waals surface area contributed by atoms with Gasteiger partial charge in [-0.2, -0.15) is 0 Å². The van der Waals surface area contributed by atoms with Crippen LogP contribution in [0, 0.1) is 0 Å². The van der Waals surface area contributed by atoms with E-state index in [4.69, 9.17) is 4.74 Å². The van der Waals surface area contributed by atoms with Crippen molar-refractivity contribution in [2.75, 3.05) is 26.2 Å². The van der Waals surface area contributed by atoms with Crippen LogP contribution in [0.2, 0.25) is 0 Å². The van der Waals surface area contributed by atoms with Gasteiger partial charge in [0.2, 0.25) is 0 Å². The van der Waals surface area contributed by atoms with Crippen molar-refractivity contribution in [3.63, 3.8) is 0 Å². The van der Waals surface area contributed by atoms with Crippen LogP contribution >= 0.6 is 11.3 Å². The van der Waals surface area contributed by atoms with Crippen LogP contribution in [0.1, 0.15) is 37.4 Å². The number of hydrogen-bond donors (Lipinski definition) is 0. The summed E-state index contributed by atoms with van der Waals surface area (Å²) in [6.07, 6.45) is -0.274. The maximum atomic E-state index is 12.2. The molecule has 0 aliphatic carbocycles. The van der Waals surface area contributed by atoms with Gasteiger partial charge in [0.15, 0.2) is 5.78 Å². The van der Waals surface area contributed by atoms with E-state index in [9.17, 15) is 9.59 Å². The fourth-order valence-electron chi connectivity index (χ4n) is 2.49. The van der Waals surface area contributed by atoms with Gasteiger partial charge in [0, 0.05) is 25.7 Å². The molecule has 2 rings (SSSR count). The first-order valence-corrected chi connectivity index (χ1v) is 8.43. The molecule has 1 saturated heterocycles. The topological polar surface area (TPSA) is 49.9 Å². The number of carbonyl (C=O) groups is 2. The molecule has 0 aromatic carbocycles. The molecule has 2 heterocycles. The fraction of sp³-hybridized carbons (Fsp3) is 0.625. The van der Waals surface area contributed by atoms with Crippen molar-refractivity contribution >= 4 is 23.2 Å². The third kappa shape index (κ3) is 4.55. The molecule has 0 spiro atoms. The molecule has 1 unspecified atom stereocenters. The summed E-state index contributed by atoms with van der Waals surface area (Å²) in [5, 5.41) is 1.91. The number of Topliss-reactive ketones (excluding diaryl/α,β-unsaturated/α-hetero) is 1. The minimum Gasteiger partial charge on any atom is -0.444 e. The third-order valence-corrected chi connectivity index (χ3v) is 4.41. The van der Waals surface area contributed by atoms with Crippen molar-refractivity contribution in [1.29, 1.82) is 0 Å². The maximum absolute atomic E-state index is 12.2. The lowest BCUT2D eigenvalue weighted by Crippen LogP contribution is -2.55. The Bertz CT molecular complexity index is 522. The molecule has 0 saturated carbocycles. The summed E-state index contributed by atoms with van der Waals surface area (Å²) in [6.45, 7) is 9.98. The molecule has 0 N–H and O–H groups in total. The molecule has 6 heteroatoms. The summed E-state index contributed by atoms with van der Waals surface area (Å²) in [6, 6.07) is 3.79. The number of ketones is 1. The molecule has 1 aliphatic rings. The van der Waals surface area contributed by atoms with E-state index in [0.717, 1.165) is 4.88 Å². The standard InChI is InChI=1S/C16H24N2O3S/c1-12-10-17(11-13(19)14-6-5-9-22-14)7-8-18(12)15(20)21-16(2,3)4/h5-6,9,12H,7-8,10-11H2,1-4H3. The number of ether oxygens (including phenoxy) is 1. The van der Waals surface area contributed by atoms with E-state index in [1.165, 1.54) is 11.3 Å². The first-order valence-electron chi connectivity index (χ1n) is 7.55. The Kier molecular flexibility index (Phi) is 5.24. The average Bonchev–Trinajstić information content (AvgIpc) is 2.90. The summed E-state index contributed by atoms with van der Waals surface area (Å²) in [4.78, 5) is 29.0. The van der Waals surface area contributed by atoms with Crippen LogP contribution < -0.4 is 0 Å². The molecule has 1 amide bonds. The normalized spacial score (nSPS) is 20.0. The van der Waals surface area contributed by atoms with Gasteiger partial charge in [0.1, 0.15) is 5.60 Å². The van der Waals surface area contributed by atoms with Gasteiger partial charge in [-0.25, -0.2) is 4.79 Å². The highest BCUT2D eigenvalue weighted by Gasteiger charge is 2.31. The summed E-state index contributed by atoms with van der Waals surface area (Å²) in [7, 11) is 0. The lowest BCUT2D eigenvalue weighted by molar-refractivity contribution is 0.00222. The zero-order valence-corrected chi connectivity index (χ0v) is 14.5. The van der Waals surface area contributed by atoms with E-state index in [0.29, 0.717) is 26.2 Å². The second-order valence-electron chi connectivity index (χ2n) is 6.66. The van der Waals surface area contributed by atoms with Crippen LogP contribution in [0.3, 0.4) is 0 Å². The van der Waals surface area contributed by atoms with Crippen molar-refractivity contribution in [3.05, 3.63) is 22.4 Å². The number of rotatable bonds is 3. The van der Waals surface area contributed by atoms with E-state index < -0.39 is 5.60 Å². The van der Waals surface area contributed by atoms with Crippen LogP contribution in [0.25, 0.3) is 0 Å². The summed E-state index contributed by atoms with van der Waals surface area (Å²) in [5.41, 5.74) is -0.483. The van der Waals surface area contributed by atoms with E-state index in [2.05, 4.69) is 4.90 Å². The SMILES string of the molecule is CC1CN(CC(=O)c2cccs2)CCN1C(=O)OC(C)(C)C. The molecular formula is C16H24N2O3S. The highest BCUT2D eigenvalue weighted by atomic mass is 32.1. The lowest BCUT2D eigenvalue weighted by atomic mass is 10.1. The van der Waals surface area contributed by atoms with Gasteiger partial charge in [-0.3, -0.25) is 9.69 Å². The molecule has 0 radical (unpaired) electrons. The third-order valence-electron chi connectivity index (χ3n) is 3.50. The van der Waals surface area contributed by atoms with Crippen molar-refractivity contribution in [2.24, 2.45) is 0 Å². The Morgan fingerprint density at radius 1 is 1.36 bits per heavy atom. The van der Waals surface area contributed by atoms with Crippen molar-refractivity contribution in [2.45, 2.75) is 39.3 Å². The first-order chi connectivity index (χ1) is 10.3.